The number of likely N-dealkylation sites (tertiary alicyclic amines) is 1. The fourth-order valence-electron chi connectivity index (χ4n) is 5.99. The molecule has 1 aromatic rings. The second kappa shape index (κ2) is 10.5. The smallest absolute Gasteiger partial charge is 0.404 e. The summed E-state index contributed by atoms with van der Waals surface area (Å²) in [5.41, 5.74) is 2.95. The maximum Gasteiger partial charge on any atom is 0.404 e. The van der Waals surface area contributed by atoms with Gasteiger partial charge in [-0.3, -0.25) is 14.8 Å². The maximum atomic E-state index is 13.5. The zero-order valence-electron chi connectivity index (χ0n) is 18.7. The summed E-state index contributed by atoms with van der Waals surface area (Å²) in [6.07, 6.45) is 2.02. The number of hydrogen-bond donors (Lipinski definition) is 4. The fourth-order valence-corrected chi connectivity index (χ4v) is 5.99. The third-order valence-corrected chi connectivity index (χ3v) is 7.70. The van der Waals surface area contributed by atoms with E-state index < -0.39 is 23.8 Å². The van der Waals surface area contributed by atoms with Crippen LogP contribution in [0.5, 0.6) is 0 Å². The van der Waals surface area contributed by atoms with E-state index in [4.69, 9.17) is 4.74 Å². The maximum absolute atomic E-state index is 13.5. The number of carboxylic acid groups (broad SMARTS) is 1. The zero-order chi connectivity index (χ0) is 23.4. The molecule has 1 saturated carbocycles. The van der Waals surface area contributed by atoms with E-state index in [1.807, 2.05) is 23.1 Å². The Kier molecular flexibility index (Phi) is 7.49. The highest BCUT2D eigenvalue weighted by Gasteiger charge is 2.45. The molecule has 0 spiro atoms. The van der Waals surface area contributed by atoms with E-state index >= 15 is 0 Å². The van der Waals surface area contributed by atoms with Gasteiger partial charge in [-0.15, -0.1) is 0 Å². The van der Waals surface area contributed by atoms with E-state index in [9.17, 15) is 24.7 Å². The van der Waals surface area contributed by atoms with Crippen LogP contribution in [0.4, 0.5) is 4.79 Å². The Hall–Kier alpha value is -2.65. The number of hydrogen-bond acceptors (Lipinski definition) is 5. The number of nitrogens with one attached hydrogen (secondary N) is 2. The van der Waals surface area contributed by atoms with E-state index in [-0.39, 0.29) is 29.7 Å². The summed E-state index contributed by atoms with van der Waals surface area (Å²) in [7, 11) is 0. The van der Waals surface area contributed by atoms with Crippen LogP contribution in [0.25, 0.3) is 0 Å². The Morgan fingerprint density at radius 3 is 2.48 bits per heavy atom. The second-order valence-corrected chi connectivity index (χ2v) is 9.54. The van der Waals surface area contributed by atoms with Crippen molar-refractivity contribution in [1.82, 2.24) is 15.7 Å². The highest BCUT2D eigenvalue weighted by molar-refractivity contribution is 5.87. The van der Waals surface area contributed by atoms with Crippen molar-refractivity contribution >= 4 is 17.9 Å². The topological polar surface area (TPSA) is 128 Å². The summed E-state index contributed by atoms with van der Waals surface area (Å²) in [5.74, 6) is -1.62. The van der Waals surface area contributed by atoms with Crippen LogP contribution in [0, 0.1) is 23.7 Å². The lowest BCUT2D eigenvalue weighted by Gasteiger charge is -2.40. The monoisotopic (exact) mass is 459 g/mol. The molecule has 33 heavy (non-hydrogen) atoms. The van der Waals surface area contributed by atoms with E-state index in [1.165, 1.54) is 5.56 Å². The summed E-state index contributed by atoms with van der Waals surface area (Å²) < 4.78 is 5.47. The first-order valence-electron chi connectivity index (χ1n) is 11.8. The molecule has 3 aliphatic rings. The van der Waals surface area contributed by atoms with Crippen molar-refractivity contribution in [2.45, 2.75) is 44.1 Å². The Labute approximate surface area is 193 Å². The molecule has 2 saturated heterocycles. The highest BCUT2D eigenvalue weighted by Crippen LogP contribution is 2.40. The predicted octanol–water partition coefficient (Wildman–Crippen LogP) is 2.21. The largest absolute Gasteiger partial charge is 0.465 e. The quantitative estimate of drug-likeness (QED) is 0.381. The van der Waals surface area contributed by atoms with Gasteiger partial charge >= 0.3 is 6.09 Å². The average Bonchev–Trinajstić information content (AvgIpc) is 3.54. The standard InChI is InChI=1S/C24H33N3O6/c28-22(26-32)20-12-16(21(25-24(30)31)18-9-11-33-14-18)6-7-19(20)23(29)27-10-8-17(13-27)15-4-2-1-3-5-15/h1-5,16-21,25,32H,6-14H2,(H,26,28)(H,30,31)/t16?,17-,18?,19-,20-,21?/m0/s1. The molecule has 180 valence electrons. The van der Waals surface area contributed by atoms with Crippen molar-refractivity contribution in [3.63, 3.8) is 0 Å². The van der Waals surface area contributed by atoms with Gasteiger partial charge in [-0.05, 0) is 43.6 Å². The SMILES string of the molecule is O=C(O)NC(C1CCOC1)C1CC[C@H](C(=O)N2CC[C@H](c3ccccc3)C2)[C@@H](C(=O)NO)C1. The summed E-state index contributed by atoms with van der Waals surface area (Å²) in [5, 5.41) is 21.4. The normalized spacial score (nSPS) is 30.6. The zero-order valence-corrected chi connectivity index (χ0v) is 18.7. The number of nitrogens with zero attached hydrogens (tertiary/aromatic N) is 1. The number of carbonyl (C=O) groups is 3. The lowest BCUT2D eigenvalue weighted by atomic mass is 9.68. The van der Waals surface area contributed by atoms with Crippen LogP contribution in [-0.2, 0) is 14.3 Å². The van der Waals surface area contributed by atoms with Crippen LogP contribution in [0.1, 0.15) is 43.6 Å². The summed E-state index contributed by atoms with van der Waals surface area (Å²) >= 11 is 0. The predicted molar refractivity (Wildman–Crippen MR) is 119 cm³/mol. The molecule has 2 aliphatic heterocycles. The van der Waals surface area contributed by atoms with Gasteiger partial charge in [0.25, 0.3) is 0 Å². The number of amides is 3. The molecular weight excluding hydrogens is 426 g/mol. The van der Waals surface area contributed by atoms with Crippen molar-refractivity contribution < 1.29 is 29.4 Å². The first-order chi connectivity index (χ1) is 16.0. The molecule has 9 nitrogen and oxygen atoms in total. The van der Waals surface area contributed by atoms with Crippen molar-refractivity contribution in [3.8, 4) is 0 Å². The molecule has 3 fully saturated rings. The average molecular weight is 460 g/mol. The molecule has 0 bridgehead atoms. The van der Waals surface area contributed by atoms with Crippen molar-refractivity contribution in [2.24, 2.45) is 23.7 Å². The molecule has 1 aliphatic carbocycles. The lowest BCUT2D eigenvalue weighted by Crippen LogP contribution is -2.51. The molecule has 1 aromatic carbocycles. The van der Waals surface area contributed by atoms with E-state index in [0.29, 0.717) is 45.6 Å². The third-order valence-electron chi connectivity index (χ3n) is 7.70. The van der Waals surface area contributed by atoms with Crippen LogP contribution in [-0.4, -0.2) is 65.5 Å². The van der Waals surface area contributed by atoms with Crippen LogP contribution in [0.15, 0.2) is 30.3 Å². The molecule has 6 atom stereocenters. The Bertz CT molecular complexity index is 844. The Balaban J connectivity index is 1.46. The summed E-state index contributed by atoms with van der Waals surface area (Å²) in [4.78, 5) is 39.3. The number of carbonyl (C=O) groups excluding carboxylic acids is 2. The van der Waals surface area contributed by atoms with Gasteiger partial charge in [0.15, 0.2) is 0 Å². The van der Waals surface area contributed by atoms with Gasteiger partial charge in [0.05, 0.1) is 12.5 Å². The summed E-state index contributed by atoms with van der Waals surface area (Å²) in [6.45, 7) is 2.34. The van der Waals surface area contributed by atoms with E-state index in [1.54, 1.807) is 5.48 Å². The molecule has 2 heterocycles. The molecule has 4 rings (SSSR count). The number of rotatable bonds is 6. The molecular formula is C24H33N3O6. The van der Waals surface area contributed by atoms with Gasteiger partial charge in [0.1, 0.15) is 0 Å². The second-order valence-electron chi connectivity index (χ2n) is 9.54. The molecule has 4 N–H and O–H groups in total. The van der Waals surface area contributed by atoms with Gasteiger partial charge in [-0.2, -0.15) is 0 Å². The van der Waals surface area contributed by atoms with Gasteiger partial charge in [-0.25, -0.2) is 10.3 Å². The van der Waals surface area contributed by atoms with Crippen molar-refractivity contribution in [3.05, 3.63) is 35.9 Å². The van der Waals surface area contributed by atoms with Gasteiger partial charge < -0.3 is 20.1 Å². The Morgan fingerprint density at radius 2 is 1.82 bits per heavy atom. The number of hydroxylamine groups is 1. The molecule has 9 heteroatoms. The fraction of sp³-hybridized carbons (Fsp3) is 0.625. The third kappa shape index (κ3) is 5.30. The van der Waals surface area contributed by atoms with Crippen LogP contribution in [0.2, 0.25) is 0 Å². The van der Waals surface area contributed by atoms with Crippen LogP contribution in [0.3, 0.4) is 0 Å². The first-order valence-corrected chi connectivity index (χ1v) is 11.8. The van der Waals surface area contributed by atoms with Crippen LogP contribution < -0.4 is 10.8 Å². The minimum absolute atomic E-state index is 0.0430. The first kappa shape index (κ1) is 23.5. The number of benzene rings is 1. The van der Waals surface area contributed by atoms with Crippen molar-refractivity contribution in [1.29, 1.82) is 0 Å². The minimum Gasteiger partial charge on any atom is -0.465 e. The summed E-state index contributed by atoms with van der Waals surface area (Å²) in [6, 6.07) is 9.79. The van der Waals surface area contributed by atoms with Crippen LogP contribution >= 0.6 is 0 Å². The van der Waals surface area contributed by atoms with Crippen molar-refractivity contribution in [2.75, 3.05) is 26.3 Å². The number of ether oxygens (including phenoxy) is 1. The van der Waals surface area contributed by atoms with Gasteiger partial charge in [0, 0.05) is 43.5 Å². The molecule has 3 amide bonds. The molecule has 0 radical (unpaired) electrons. The van der Waals surface area contributed by atoms with Gasteiger partial charge in [0.2, 0.25) is 11.8 Å². The van der Waals surface area contributed by atoms with E-state index in [0.717, 1.165) is 12.8 Å². The highest BCUT2D eigenvalue weighted by atomic mass is 16.5. The minimum atomic E-state index is -1.10. The molecule has 3 unspecified atom stereocenters. The Morgan fingerprint density at radius 1 is 1.03 bits per heavy atom. The molecule has 0 aromatic heterocycles. The lowest BCUT2D eigenvalue weighted by molar-refractivity contribution is -0.147. The van der Waals surface area contributed by atoms with E-state index in [2.05, 4.69) is 17.4 Å². The van der Waals surface area contributed by atoms with Gasteiger partial charge in [-0.1, -0.05) is 30.3 Å².